The highest BCUT2D eigenvalue weighted by molar-refractivity contribution is 9.10. The number of benzene rings is 1. The number of nitrogens with zero attached hydrogens (tertiary/aromatic N) is 2. The molecule has 0 aliphatic carbocycles. The van der Waals surface area contributed by atoms with Crippen molar-refractivity contribution in [1.82, 2.24) is 9.21 Å². The van der Waals surface area contributed by atoms with Crippen molar-refractivity contribution in [3.63, 3.8) is 0 Å². The van der Waals surface area contributed by atoms with Gasteiger partial charge >= 0.3 is 12.1 Å². The lowest BCUT2D eigenvalue weighted by molar-refractivity contribution is -0.143. The second-order valence-corrected chi connectivity index (χ2v) is 9.66. The van der Waals surface area contributed by atoms with Gasteiger partial charge in [0.1, 0.15) is 11.6 Å². The van der Waals surface area contributed by atoms with Crippen LogP contribution in [0.15, 0.2) is 33.6 Å². The van der Waals surface area contributed by atoms with Crippen molar-refractivity contribution in [2.45, 2.75) is 37.3 Å². The first-order chi connectivity index (χ1) is 11.9. The van der Waals surface area contributed by atoms with E-state index in [2.05, 4.69) is 15.9 Å². The fourth-order valence-corrected chi connectivity index (χ4v) is 4.32. The molecule has 26 heavy (non-hydrogen) atoms. The second-order valence-electron chi connectivity index (χ2n) is 6.85. The number of piperazine rings is 1. The average Bonchev–Trinajstić information content (AvgIpc) is 2.53. The molecule has 1 saturated heterocycles. The van der Waals surface area contributed by atoms with Gasteiger partial charge in [0.25, 0.3) is 0 Å². The van der Waals surface area contributed by atoms with Crippen LogP contribution in [0.3, 0.4) is 0 Å². The number of aliphatic carboxylic acids is 1. The molecule has 1 atom stereocenters. The summed E-state index contributed by atoms with van der Waals surface area (Å²) >= 11 is 3.23. The van der Waals surface area contributed by atoms with E-state index in [4.69, 9.17) is 4.74 Å². The lowest BCUT2D eigenvalue weighted by Crippen LogP contribution is -2.59. The minimum Gasteiger partial charge on any atom is -0.480 e. The summed E-state index contributed by atoms with van der Waals surface area (Å²) in [6.45, 7) is 4.75. The Balaban J connectivity index is 2.25. The molecule has 1 aliphatic rings. The molecule has 1 aromatic rings. The van der Waals surface area contributed by atoms with E-state index < -0.39 is 33.7 Å². The molecule has 0 aromatic heterocycles. The summed E-state index contributed by atoms with van der Waals surface area (Å²) < 4.78 is 32.5. The second kappa shape index (κ2) is 7.53. The predicted molar refractivity (Wildman–Crippen MR) is 97.3 cm³/mol. The van der Waals surface area contributed by atoms with Crippen LogP contribution in [0, 0.1) is 0 Å². The van der Waals surface area contributed by atoms with Gasteiger partial charge in [0.05, 0.1) is 11.4 Å². The zero-order chi connectivity index (χ0) is 19.7. The maximum Gasteiger partial charge on any atom is 0.410 e. The van der Waals surface area contributed by atoms with E-state index in [0.717, 1.165) is 4.31 Å². The van der Waals surface area contributed by atoms with Crippen molar-refractivity contribution < 1.29 is 27.9 Å². The summed E-state index contributed by atoms with van der Waals surface area (Å²) in [6, 6.07) is 4.56. The first-order valence-electron chi connectivity index (χ1n) is 7.90. The number of carbonyl (C=O) groups is 2. The smallest absolute Gasteiger partial charge is 0.410 e. The highest BCUT2D eigenvalue weighted by Gasteiger charge is 2.42. The Bertz CT molecular complexity index is 788. The van der Waals surface area contributed by atoms with Crippen LogP contribution in [0.2, 0.25) is 0 Å². The normalized spacial score (nSPS) is 19.2. The molecule has 1 aromatic carbocycles. The number of carboxylic acids is 1. The van der Waals surface area contributed by atoms with Gasteiger partial charge in [-0.05, 0) is 45.0 Å². The molecule has 8 nitrogen and oxygen atoms in total. The van der Waals surface area contributed by atoms with E-state index in [9.17, 15) is 23.1 Å². The molecule has 1 N–H and O–H groups in total. The van der Waals surface area contributed by atoms with E-state index in [1.807, 2.05) is 0 Å². The average molecular weight is 449 g/mol. The highest BCUT2D eigenvalue weighted by atomic mass is 79.9. The van der Waals surface area contributed by atoms with Gasteiger partial charge in [-0.3, -0.25) is 4.79 Å². The molecule has 0 unspecified atom stereocenters. The van der Waals surface area contributed by atoms with E-state index in [1.165, 1.54) is 17.0 Å². The van der Waals surface area contributed by atoms with Crippen LogP contribution in [-0.2, 0) is 19.6 Å². The van der Waals surface area contributed by atoms with Gasteiger partial charge in [0, 0.05) is 17.6 Å². The van der Waals surface area contributed by atoms with Gasteiger partial charge < -0.3 is 14.7 Å². The molecular weight excluding hydrogens is 428 g/mol. The molecule has 0 bridgehead atoms. The Hall–Kier alpha value is -1.65. The summed E-state index contributed by atoms with van der Waals surface area (Å²) in [5.41, 5.74) is -0.726. The number of amides is 1. The van der Waals surface area contributed by atoms with Crippen molar-refractivity contribution in [3.8, 4) is 0 Å². The molecule has 0 radical (unpaired) electrons. The molecule has 1 heterocycles. The first kappa shape index (κ1) is 20.7. The monoisotopic (exact) mass is 448 g/mol. The third-order valence-corrected chi connectivity index (χ3v) is 6.14. The predicted octanol–water partition coefficient (Wildman–Crippen LogP) is 2.14. The molecule has 1 aliphatic heterocycles. The third kappa shape index (κ3) is 4.74. The number of ether oxygens (including phenoxy) is 1. The first-order valence-corrected chi connectivity index (χ1v) is 10.1. The van der Waals surface area contributed by atoms with Crippen LogP contribution in [0.5, 0.6) is 0 Å². The topological polar surface area (TPSA) is 104 Å². The van der Waals surface area contributed by atoms with Crippen molar-refractivity contribution >= 4 is 38.0 Å². The van der Waals surface area contributed by atoms with Crippen LogP contribution in [0.1, 0.15) is 20.8 Å². The van der Waals surface area contributed by atoms with Crippen LogP contribution < -0.4 is 0 Å². The van der Waals surface area contributed by atoms with Gasteiger partial charge in [-0.15, -0.1) is 0 Å². The third-order valence-electron chi connectivity index (χ3n) is 3.69. The van der Waals surface area contributed by atoms with E-state index in [-0.39, 0.29) is 24.5 Å². The number of rotatable bonds is 3. The van der Waals surface area contributed by atoms with Crippen LogP contribution in [0.25, 0.3) is 0 Å². The molecule has 10 heteroatoms. The molecule has 0 saturated carbocycles. The Morgan fingerprint density at radius 1 is 1.19 bits per heavy atom. The number of hydrogen-bond acceptors (Lipinski definition) is 5. The summed E-state index contributed by atoms with van der Waals surface area (Å²) in [6.07, 6.45) is -0.663. The number of hydrogen-bond donors (Lipinski definition) is 1. The van der Waals surface area contributed by atoms with Crippen LogP contribution in [0.4, 0.5) is 4.79 Å². The zero-order valence-electron chi connectivity index (χ0n) is 14.7. The van der Waals surface area contributed by atoms with Crippen molar-refractivity contribution in [1.29, 1.82) is 0 Å². The quantitative estimate of drug-likeness (QED) is 0.759. The van der Waals surface area contributed by atoms with E-state index >= 15 is 0 Å². The van der Waals surface area contributed by atoms with Gasteiger partial charge in [-0.2, -0.15) is 4.31 Å². The van der Waals surface area contributed by atoms with Gasteiger partial charge in [-0.1, -0.05) is 15.9 Å². The number of carbonyl (C=O) groups excluding carboxylic acids is 1. The Morgan fingerprint density at radius 3 is 2.27 bits per heavy atom. The standard InChI is InChI=1S/C16H21BrN2O6S/c1-16(2,3)25-15(22)18-8-9-19(13(10-18)14(20)21)26(23,24)12-6-4-11(17)5-7-12/h4-7,13H,8-10H2,1-3H3,(H,20,21)/t13-/m1/s1. The van der Waals surface area contributed by atoms with Crippen LogP contribution in [-0.4, -0.2) is 66.1 Å². The molecule has 1 fully saturated rings. The highest BCUT2D eigenvalue weighted by Crippen LogP contribution is 2.24. The lowest BCUT2D eigenvalue weighted by atomic mass is 10.2. The molecule has 2 rings (SSSR count). The Labute approximate surface area is 160 Å². The fourth-order valence-electron chi connectivity index (χ4n) is 2.49. The van der Waals surface area contributed by atoms with Crippen molar-refractivity contribution in [2.75, 3.05) is 19.6 Å². The molecule has 0 spiro atoms. The summed E-state index contributed by atoms with van der Waals surface area (Å²) in [7, 11) is -4.00. The van der Waals surface area contributed by atoms with Gasteiger partial charge in [0.15, 0.2) is 0 Å². The molecule has 144 valence electrons. The zero-order valence-corrected chi connectivity index (χ0v) is 17.1. The summed E-state index contributed by atoms with van der Waals surface area (Å²) in [5, 5.41) is 9.50. The largest absolute Gasteiger partial charge is 0.480 e. The van der Waals surface area contributed by atoms with Gasteiger partial charge in [0.2, 0.25) is 10.0 Å². The SMILES string of the molecule is CC(C)(C)OC(=O)N1CCN(S(=O)(=O)c2ccc(Br)cc2)[C@@H](C(=O)O)C1. The van der Waals surface area contributed by atoms with Crippen LogP contribution >= 0.6 is 15.9 Å². The fraction of sp³-hybridized carbons (Fsp3) is 0.500. The maximum atomic E-state index is 12.8. The molecule has 1 amide bonds. The number of halogens is 1. The van der Waals surface area contributed by atoms with Gasteiger partial charge in [-0.25, -0.2) is 13.2 Å². The lowest BCUT2D eigenvalue weighted by Gasteiger charge is -2.38. The minimum atomic E-state index is -4.00. The summed E-state index contributed by atoms with van der Waals surface area (Å²) in [5.74, 6) is -1.32. The maximum absolute atomic E-state index is 12.8. The van der Waals surface area contributed by atoms with E-state index in [1.54, 1.807) is 32.9 Å². The summed E-state index contributed by atoms with van der Waals surface area (Å²) in [4.78, 5) is 25.1. The number of sulfonamides is 1. The Kier molecular flexibility index (Phi) is 5.99. The number of carboxylic acid groups (broad SMARTS) is 1. The molecular formula is C16H21BrN2O6S. The minimum absolute atomic E-state index is 0.00216. The Morgan fingerprint density at radius 2 is 1.77 bits per heavy atom. The van der Waals surface area contributed by atoms with Crippen molar-refractivity contribution in [3.05, 3.63) is 28.7 Å². The van der Waals surface area contributed by atoms with Crippen molar-refractivity contribution in [2.24, 2.45) is 0 Å². The van der Waals surface area contributed by atoms with E-state index in [0.29, 0.717) is 4.47 Å².